The van der Waals surface area contributed by atoms with Crippen LogP contribution in [0.3, 0.4) is 0 Å². The van der Waals surface area contributed by atoms with Gasteiger partial charge in [0, 0.05) is 37.8 Å². The van der Waals surface area contributed by atoms with Gasteiger partial charge < -0.3 is 19.7 Å². The van der Waals surface area contributed by atoms with Crippen LogP contribution in [-0.2, 0) is 11.2 Å². The van der Waals surface area contributed by atoms with Gasteiger partial charge in [-0.15, -0.1) is 0 Å². The van der Waals surface area contributed by atoms with Gasteiger partial charge in [0.1, 0.15) is 11.5 Å². The molecule has 1 aliphatic heterocycles. The number of aryl methyl sites for hydroxylation is 1. The molecule has 5 heteroatoms. The molecule has 0 aromatic heterocycles. The third kappa shape index (κ3) is 5.39. The van der Waals surface area contributed by atoms with Gasteiger partial charge in [-0.2, -0.15) is 0 Å². The minimum atomic E-state index is 0.0925. The molecule has 1 unspecified atom stereocenters. The fraction of sp³-hybridized carbons (Fsp3) is 0.409. The first-order chi connectivity index (χ1) is 13.2. The van der Waals surface area contributed by atoms with Gasteiger partial charge >= 0.3 is 0 Å². The summed E-state index contributed by atoms with van der Waals surface area (Å²) in [7, 11) is 3.26. The number of benzene rings is 2. The molecule has 0 spiro atoms. The topological polar surface area (TPSA) is 50.8 Å². The number of amides is 1. The van der Waals surface area contributed by atoms with E-state index in [0.29, 0.717) is 18.8 Å². The van der Waals surface area contributed by atoms with Crippen molar-refractivity contribution in [2.75, 3.05) is 38.8 Å². The quantitative estimate of drug-likeness (QED) is 0.777. The third-order valence-electron chi connectivity index (χ3n) is 5.05. The van der Waals surface area contributed by atoms with Crippen molar-refractivity contribution in [1.29, 1.82) is 0 Å². The molecule has 144 valence electrons. The lowest BCUT2D eigenvalue weighted by atomic mass is 10.1. The second-order valence-electron chi connectivity index (χ2n) is 6.96. The van der Waals surface area contributed by atoms with Gasteiger partial charge in [-0.05, 0) is 48.6 Å². The zero-order valence-electron chi connectivity index (χ0n) is 16.1. The van der Waals surface area contributed by atoms with Crippen molar-refractivity contribution in [2.24, 2.45) is 5.92 Å². The van der Waals surface area contributed by atoms with Gasteiger partial charge in [0.15, 0.2) is 0 Å². The van der Waals surface area contributed by atoms with E-state index < -0.39 is 0 Å². The minimum absolute atomic E-state index is 0.0925. The van der Waals surface area contributed by atoms with Gasteiger partial charge in [-0.25, -0.2) is 0 Å². The molecule has 2 aromatic carbocycles. The molecule has 1 atom stereocenters. The van der Waals surface area contributed by atoms with Crippen LogP contribution >= 0.6 is 0 Å². The second-order valence-corrected chi connectivity index (χ2v) is 6.96. The Morgan fingerprint density at radius 2 is 1.81 bits per heavy atom. The number of nitrogens with one attached hydrogen (secondary N) is 1. The summed E-state index contributed by atoms with van der Waals surface area (Å²) in [6, 6.07) is 16.2. The molecule has 0 saturated carbocycles. The number of carbonyl (C=O) groups excluding carboxylic acids is 1. The number of hydrogen-bond acceptors (Lipinski definition) is 4. The van der Waals surface area contributed by atoms with Crippen molar-refractivity contribution >= 4 is 11.6 Å². The fourth-order valence-corrected chi connectivity index (χ4v) is 3.49. The van der Waals surface area contributed by atoms with Crippen molar-refractivity contribution in [3.05, 3.63) is 54.1 Å². The Hall–Kier alpha value is -2.69. The van der Waals surface area contributed by atoms with Gasteiger partial charge in [0.2, 0.25) is 5.91 Å². The first kappa shape index (κ1) is 19.1. The molecule has 2 aromatic rings. The summed E-state index contributed by atoms with van der Waals surface area (Å²) in [5, 5.41) is 3.10. The van der Waals surface area contributed by atoms with E-state index in [1.807, 2.05) is 24.3 Å². The van der Waals surface area contributed by atoms with Crippen molar-refractivity contribution in [1.82, 2.24) is 5.32 Å². The second kappa shape index (κ2) is 9.31. The van der Waals surface area contributed by atoms with E-state index in [9.17, 15) is 4.79 Å². The number of anilines is 1. The Labute approximate surface area is 161 Å². The summed E-state index contributed by atoms with van der Waals surface area (Å²) in [6.07, 6.45) is 2.24. The van der Waals surface area contributed by atoms with Crippen LogP contribution in [0.1, 0.15) is 18.4 Å². The normalized spacial score (nSPS) is 16.2. The Kier molecular flexibility index (Phi) is 6.58. The molecule has 5 nitrogen and oxygen atoms in total. The summed E-state index contributed by atoms with van der Waals surface area (Å²) in [5.41, 5.74) is 2.30. The zero-order valence-corrected chi connectivity index (χ0v) is 16.1. The molecule has 1 saturated heterocycles. The third-order valence-corrected chi connectivity index (χ3v) is 5.05. The molecule has 1 amide bonds. The summed E-state index contributed by atoms with van der Waals surface area (Å²) in [4.78, 5) is 14.6. The van der Waals surface area contributed by atoms with Crippen molar-refractivity contribution in [2.45, 2.75) is 19.3 Å². The molecule has 1 heterocycles. The van der Waals surface area contributed by atoms with Crippen LogP contribution < -0.4 is 19.7 Å². The summed E-state index contributed by atoms with van der Waals surface area (Å²) < 4.78 is 10.6. The van der Waals surface area contributed by atoms with Gasteiger partial charge in [-0.3, -0.25) is 4.79 Å². The van der Waals surface area contributed by atoms with E-state index >= 15 is 0 Å². The van der Waals surface area contributed by atoms with Crippen molar-refractivity contribution in [3.63, 3.8) is 0 Å². The molecule has 0 radical (unpaired) electrons. The summed E-state index contributed by atoms with van der Waals surface area (Å²) >= 11 is 0. The summed E-state index contributed by atoms with van der Waals surface area (Å²) in [5.74, 6) is 2.09. The molecular weight excluding hydrogens is 340 g/mol. The van der Waals surface area contributed by atoms with E-state index in [-0.39, 0.29) is 5.91 Å². The maximum absolute atomic E-state index is 12.2. The van der Waals surface area contributed by atoms with Gasteiger partial charge in [-0.1, -0.05) is 18.2 Å². The summed E-state index contributed by atoms with van der Waals surface area (Å²) in [6.45, 7) is 2.79. The Bertz CT molecular complexity index is 726. The first-order valence-electron chi connectivity index (χ1n) is 9.46. The van der Waals surface area contributed by atoms with Crippen LogP contribution in [0.4, 0.5) is 5.69 Å². The smallest absolute Gasteiger partial charge is 0.220 e. The van der Waals surface area contributed by atoms with E-state index in [1.54, 1.807) is 14.2 Å². The SMILES string of the molecule is COc1cc(CCC(=O)NCC2CCN(c3ccccc3)C2)cc(OC)c1. The number of hydrogen-bond donors (Lipinski definition) is 1. The minimum Gasteiger partial charge on any atom is -0.497 e. The lowest BCUT2D eigenvalue weighted by Gasteiger charge is -2.18. The van der Waals surface area contributed by atoms with Gasteiger partial charge in [0.05, 0.1) is 14.2 Å². The largest absolute Gasteiger partial charge is 0.497 e. The number of carbonyl (C=O) groups is 1. The highest BCUT2D eigenvalue weighted by Gasteiger charge is 2.22. The average Bonchev–Trinajstić information content (AvgIpc) is 3.20. The lowest BCUT2D eigenvalue weighted by Crippen LogP contribution is -2.31. The molecule has 0 aliphatic carbocycles. The fourth-order valence-electron chi connectivity index (χ4n) is 3.49. The number of para-hydroxylation sites is 1. The highest BCUT2D eigenvalue weighted by atomic mass is 16.5. The van der Waals surface area contributed by atoms with Crippen molar-refractivity contribution < 1.29 is 14.3 Å². The highest BCUT2D eigenvalue weighted by molar-refractivity contribution is 5.76. The number of methoxy groups -OCH3 is 2. The lowest BCUT2D eigenvalue weighted by molar-refractivity contribution is -0.121. The van der Waals surface area contributed by atoms with E-state index in [1.165, 1.54) is 5.69 Å². The van der Waals surface area contributed by atoms with Crippen LogP contribution in [0, 0.1) is 5.92 Å². The van der Waals surface area contributed by atoms with E-state index in [4.69, 9.17) is 9.47 Å². The standard InChI is InChI=1S/C22H28N2O3/c1-26-20-12-17(13-21(14-20)27-2)8-9-22(25)23-15-18-10-11-24(16-18)19-6-4-3-5-7-19/h3-7,12-14,18H,8-11,15-16H2,1-2H3,(H,23,25). The number of nitrogens with zero attached hydrogens (tertiary/aromatic N) is 1. The molecule has 1 aliphatic rings. The van der Waals surface area contributed by atoms with Crippen LogP contribution in [0.15, 0.2) is 48.5 Å². The zero-order chi connectivity index (χ0) is 19.1. The maximum atomic E-state index is 12.2. The van der Waals surface area contributed by atoms with Crippen LogP contribution in [0.5, 0.6) is 11.5 Å². The van der Waals surface area contributed by atoms with Crippen LogP contribution in [-0.4, -0.2) is 39.8 Å². The molecule has 27 heavy (non-hydrogen) atoms. The predicted octanol–water partition coefficient (Wildman–Crippen LogP) is 3.28. The number of ether oxygens (including phenoxy) is 2. The van der Waals surface area contributed by atoms with Crippen LogP contribution in [0.25, 0.3) is 0 Å². The van der Waals surface area contributed by atoms with Crippen LogP contribution in [0.2, 0.25) is 0 Å². The molecule has 0 bridgehead atoms. The molecule has 1 fully saturated rings. The predicted molar refractivity (Wildman–Crippen MR) is 108 cm³/mol. The van der Waals surface area contributed by atoms with Crippen molar-refractivity contribution in [3.8, 4) is 11.5 Å². The number of rotatable bonds is 8. The Morgan fingerprint density at radius 1 is 1.11 bits per heavy atom. The average molecular weight is 368 g/mol. The Morgan fingerprint density at radius 3 is 2.48 bits per heavy atom. The highest BCUT2D eigenvalue weighted by Crippen LogP contribution is 2.24. The van der Waals surface area contributed by atoms with E-state index in [0.717, 1.165) is 43.1 Å². The monoisotopic (exact) mass is 368 g/mol. The van der Waals surface area contributed by atoms with E-state index in [2.05, 4.69) is 34.5 Å². The maximum Gasteiger partial charge on any atom is 0.220 e. The van der Waals surface area contributed by atoms with Gasteiger partial charge in [0.25, 0.3) is 0 Å². The molecular formula is C22H28N2O3. The first-order valence-corrected chi connectivity index (χ1v) is 9.46. The molecule has 1 N–H and O–H groups in total. The Balaban J connectivity index is 1.43. The molecule has 3 rings (SSSR count).